The van der Waals surface area contributed by atoms with Gasteiger partial charge in [-0.1, -0.05) is 0 Å². The fraction of sp³-hybridized carbons (Fsp3) is 0.773. The summed E-state index contributed by atoms with van der Waals surface area (Å²) >= 11 is 0. The molecule has 10 heteroatoms. The zero-order valence-electron chi connectivity index (χ0n) is 18.5. The normalized spacial score (nSPS) is 31.5. The van der Waals surface area contributed by atoms with Gasteiger partial charge in [0.1, 0.15) is 6.33 Å². The number of carbonyl (C=O) groups is 1. The molecule has 0 spiro atoms. The number of sulfonamides is 1. The standard InChI is InChI=1S/C22H32N4O5S/c1-14-21-15-4-6-16(7-5-15)30-11-19-18(25-32(28,29)17-8-9-17)3-2-10-26(19)20(27)12-31-22(21)24-13-23-14/h13,15-19,25H,2-12H2,1H3/t15?,16?,18-,19-/m0/s1. The quantitative estimate of drug-likeness (QED) is 0.724. The van der Waals surface area contributed by atoms with E-state index in [1.807, 2.05) is 6.92 Å². The number of amides is 1. The number of aryl methyl sites for hydroxylation is 1. The Bertz CT molecular complexity index is 959. The van der Waals surface area contributed by atoms with Crippen molar-refractivity contribution in [2.45, 2.75) is 87.6 Å². The van der Waals surface area contributed by atoms with Gasteiger partial charge in [-0.3, -0.25) is 4.79 Å². The topological polar surface area (TPSA) is 111 Å². The molecular weight excluding hydrogens is 432 g/mol. The second-order valence-electron chi connectivity index (χ2n) is 9.54. The zero-order chi connectivity index (χ0) is 22.3. The van der Waals surface area contributed by atoms with Crippen LogP contribution in [0.15, 0.2) is 6.33 Å². The number of rotatable bonds is 3. The summed E-state index contributed by atoms with van der Waals surface area (Å²) in [6.45, 7) is 2.74. The van der Waals surface area contributed by atoms with Gasteiger partial charge in [0.25, 0.3) is 5.91 Å². The smallest absolute Gasteiger partial charge is 0.260 e. The molecule has 3 aliphatic heterocycles. The van der Waals surface area contributed by atoms with Gasteiger partial charge in [-0.2, -0.15) is 0 Å². The summed E-state index contributed by atoms with van der Waals surface area (Å²) in [6.07, 6.45) is 8.20. The number of nitrogens with one attached hydrogen (secondary N) is 1. The van der Waals surface area contributed by atoms with Gasteiger partial charge in [0.05, 0.1) is 24.0 Å². The molecule has 1 aromatic heterocycles. The lowest BCUT2D eigenvalue weighted by molar-refractivity contribution is -0.140. The van der Waals surface area contributed by atoms with Crippen molar-refractivity contribution in [3.63, 3.8) is 0 Å². The van der Waals surface area contributed by atoms with E-state index in [0.717, 1.165) is 43.4 Å². The maximum absolute atomic E-state index is 13.2. The lowest BCUT2D eigenvalue weighted by Gasteiger charge is -2.42. The van der Waals surface area contributed by atoms with Gasteiger partial charge < -0.3 is 14.4 Å². The highest BCUT2D eigenvalue weighted by Crippen LogP contribution is 2.39. The number of hydrogen-bond acceptors (Lipinski definition) is 7. The highest BCUT2D eigenvalue weighted by Gasteiger charge is 2.42. The molecule has 32 heavy (non-hydrogen) atoms. The predicted octanol–water partition coefficient (Wildman–Crippen LogP) is 1.66. The van der Waals surface area contributed by atoms with E-state index >= 15 is 0 Å². The summed E-state index contributed by atoms with van der Waals surface area (Å²) in [5.41, 5.74) is 1.90. The van der Waals surface area contributed by atoms with Crippen molar-refractivity contribution >= 4 is 15.9 Å². The molecular formula is C22H32N4O5S. The van der Waals surface area contributed by atoms with Crippen LogP contribution < -0.4 is 9.46 Å². The van der Waals surface area contributed by atoms with E-state index in [4.69, 9.17) is 9.47 Å². The predicted molar refractivity (Wildman–Crippen MR) is 117 cm³/mol. The van der Waals surface area contributed by atoms with Crippen LogP contribution in [0.2, 0.25) is 0 Å². The van der Waals surface area contributed by atoms with Crippen LogP contribution in [-0.4, -0.2) is 72.4 Å². The number of ether oxygens (including phenoxy) is 2. The highest BCUT2D eigenvalue weighted by molar-refractivity contribution is 7.90. The van der Waals surface area contributed by atoms with Crippen LogP contribution in [-0.2, 0) is 19.6 Å². The van der Waals surface area contributed by atoms with Gasteiger partial charge >= 0.3 is 0 Å². The van der Waals surface area contributed by atoms with Crippen LogP contribution >= 0.6 is 0 Å². The van der Waals surface area contributed by atoms with E-state index in [0.29, 0.717) is 44.2 Å². The van der Waals surface area contributed by atoms with E-state index in [1.54, 1.807) is 4.90 Å². The van der Waals surface area contributed by atoms with E-state index in [9.17, 15) is 13.2 Å². The van der Waals surface area contributed by atoms with Crippen molar-refractivity contribution in [2.75, 3.05) is 19.8 Å². The molecule has 2 aliphatic carbocycles. The van der Waals surface area contributed by atoms with Crippen LogP contribution in [0.5, 0.6) is 5.88 Å². The van der Waals surface area contributed by atoms with E-state index in [1.165, 1.54) is 6.33 Å². The Morgan fingerprint density at radius 3 is 2.62 bits per heavy atom. The molecule has 6 rings (SSSR count). The molecule has 1 aromatic rings. The monoisotopic (exact) mass is 464 g/mol. The number of piperidine rings is 1. The molecule has 2 saturated carbocycles. The van der Waals surface area contributed by atoms with E-state index in [-0.39, 0.29) is 36.0 Å². The number of carbonyl (C=O) groups excluding carboxylic acids is 1. The van der Waals surface area contributed by atoms with Crippen molar-refractivity contribution in [2.24, 2.45) is 0 Å². The largest absolute Gasteiger partial charge is 0.467 e. The summed E-state index contributed by atoms with van der Waals surface area (Å²) in [7, 11) is -3.36. The molecule has 0 radical (unpaired) electrons. The SMILES string of the molecule is Cc1ncnc2c1C1CCC(CC1)OC[C@H]1[C@@H](NS(=O)(=O)C3CC3)CCCN1C(=O)CO2. The Morgan fingerprint density at radius 1 is 1.09 bits per heavy atom. The van der Waals surface area contributed by atoms with E-state index < -0.39 is 10.0 Å². The Hall–Kier alpha value is -1.78. The molecule has 1 amide bonds. The molecule has 0 aromatic carbocycles. The van der Waals surface area contributed by atoms with Crippen LogP contribution in [0.3, 0.4) is 0 Å². The van der Waals surface area contributed by atoms with Crippen molar-refractivity contribution in [3.05, 3.63) is 17.6 Å². The van der Waals surface area contributed by atoms with Gasteiger partial charge in [0, 0.05) is 23.8 Å². The first-order valence-corrected chi connectivity index (χ1v) is 13.3. The summed E-state index contributed by atoms with van der Waals surface area (Å²) in [5.74, 6) is 0.624. The second-order valence-corrected chi connectivity index (χ2v) is 11.5. The fourth-order valence-corrected chi connectivity index (χ4v) is 7.05. The third kappa shape index (κ3) is 4.49. The maximum atomic E-state index is 13.2. The highest BCUT2D eigenvalue weighted by atomic mass is 32.2. The molecule has 1 saturated heterocycles. The van der Waals surface area contributed by atoms with Gasteiger partial charge in [-0.05, 0) is 64.2 Å². The van der Waals surface area contributed by atoms with Crippen molar-refractivity contribution < 1.29 is 22.7 Å². The first-order valence-electron chi connectivity index (χ1n) is 11.8. The number of nitrogens with zero attached hydrogens (tertiary/aromatic N) is 3. The van der Waals surface area contributed by atoms with Gasteiger partial charge in [-0.15, -0.1) is 0 Å². The first kappa shape index (κ1) is 22.0. The van der Waals surface area contributed by atoms with Crippen molar-refractivity contribution in [1.29, 1.82) is 0 Å². The Balaban J connectivity index is 1.41. The molecule has 4 heterocycles. The number of hydrogen-bond donors (Lipinski definition) is 1. The number of fused-ring (bicyclic) bond motifs is 5. The second kappa shape index (κ2) is 8.87. The van der Waals surface area contributed by atoms with Crippen LogP contribution in [0.25, 0.3) is 0 Å². The fourth-order valence-electron chi connectivity index (χ4n) is 5.41. The average molecular weight is 465 g/mol. The molecule has 1 N–H and O–H groups in total. The summed E-state index contributed by atoms with van der Waals surface area (Å²) in [6, 6.07) is -0.671. The van der Waals surface area contributed by atoms with Crippen LogP contribution in [0, 0.1) is 6.92 Å². The molecule has 176 valence electrons. The maximum Gasteiger partial charge on any atom is 0.260 e. The van der Waals surface area contributed by atoms with E-state index in [2.05, 4.69) is 14.7 Å². The minimum Gasteiger partial charge on any atom is -0.467 e. The lowest BCUT2D eigenvalue weighted by atomic mass is 9.82. The van der Waals surface area contributed by atoms with Crippen molar-refractivity contribution in [3.8, 4) is 5.88 Å². The Kier molecular flexibility index (Phi) is 6.11. The summed E-state index contributed by atoms with van der Waals surface area (Å²) in [4.78, 5) is 23.7. The van der Waals surface area contributed by atoms with Crippen LogP contribution in [0.4, 0.5) is 0 Å². The molecule has 0 unspecified atom stereocenters. The third-order valence-corrected chi connectivity index (χ3v) is 9.32. The van der Waals surface area contributed by atoms with Gasteiger partial charge in [0.2, 0.25) is 15.9 Å². The lowest BCUT2D eigenvalue weighted by Crippen LogP contribution is -2.60. The van der Waals surface area contributed by atoms with Gasteiger partial charge in [-0.25, -0.2) is 23.1 Å². The average Bonchev–Trinajstić information content (AvgIpc) is 3.62. The van der Waals surface area contributed by atoms with Crippen LogP contribution in [0.1, 0.15) is 68.5 Å². The first-order chi connectivity index (χ1) is 15.4. The Labute approximate surface area is 189 Å². The molecule has 2 bridgehead atoms. The Morgan fingerprint density at radius 2 is 1.88 bits per heavy atom. The zero-order valence-corrected chi connectivity index (χ0v) is 19.3. The minimum atomic E-state index is -3.36. The minimum absolute atomic E-state index is 0.112. The van der Waals surface area contributed by atoms with Crippen molar-refractivity contribution in [1.82, 2.24) is 19.6 Å². The molecule has 3 fully saturated rings. The molecule has 9 nitrogen and oxygen atoms in total. The molecule has 5 aliphatic rings. The third-order valence-electron chi connectivity index (χ3n) is 7.34. The molecule has 2 atom stereocenters. The summed E-state index contributed by atoms with van der Waals surface area (Å²) < 4.78 is 40.4. The van der Waals surface area contributed by atoms with Gasteiger partial charge in [0.15, 0.2) is 6.61 Å². The number of aromatic nitrogens is 2. The summed E-state index contributed by atoms with van der Waals surface area (Å²) in [5, 5.41) is -0.290.